The summed E-state index contributed by atoms with van der Waals surface area (Å²) in [5, 5.41) is 0. The Morgan fingerprint density at radius 3 is 2.67 bits per heavy atom. The normalized spacial score (nSPS) is 14.3. The second-order valence-electron chi connectivity index (χ2n) is 4.70. The maximum atomic E-state index is 5.97. The molecule has 3 nitrogen and oxygen atoms in total. The molecule has 1 rings (SSSR count). The molecule has 0 aliphatic rings. The Kier molecular flexibility index (Phi) is 6.50. The Bertz CT molecular complexity index is 339. The van der Waals surface area contributed by atoms with Gasteiger partial charge in [0, 0.05) is 19.1 Å². The molecule has 2 atom stereocenters. The minimum atomic E-state index is 0.0540. The van der Waals surface area contributed by atoms with E-state index < -0.39 is 0 Å². The quantitative estimate of drug-likeness (QED) is 0.824. The zero-order valence-corrected chi connectivity index (χ0v) is 12.7. The third-order valence-corrected chi connectivity index (χ3v) is 4.04. The van der Waals surface area contributed by atoms with Crippen molar-refractivity contribution >= 4 is 17.4 Å². The van der Waals surface area contributed by atoms with Crippen LogP contribution in [-0.4, -0.2) is 30.1 Å². The molecule has 102 valence electrons. The number of rotatable bonds is 7. The summed E-state index contributed by atoms with van der Waals surface area (Å²) >= 11 is 1.89. The van der Waals surface area contributed by atoms with Crippen LogP contribution in [0.2, 0.25) is 0 Å². The van der Waals surface area contributed by atoms with Crippen molar-refractivity contribution in [1.29, 1.82) is 0 Å². The number of pyridine rings is 1. The molecule has 1 unspecified atom stereocenters. The minimum absolute atomic E-state index is 0.0540. The van der Waals surface area contributed by atoms with Crippen LogP contribution in [0.25, 0.3) is 0 Å². The summed E-state index contributed by atoms with van der Waals surface area (Å²) in [6.07, 6.45) is 6.19. The predicted molar refractivity (Wildman–Crippen MR) is 82.3 cm³/mol. The molecular weight excluding hydrogens is 242 g/mol. The van der Waals surface area contributed by atoms with Gasteiger partial charge in [-0.05, 0) is 43.9 Å². The molecule has 1 heterocycles. The smallest absolute Gasteiger partial charge is 0.0572 e. The zero-order valence-electron chi connectivity index (χ0n) is 11.9. The number of anilines is 1. The highest BCUT2D eigenvalue weighted by Crippen LogP contribution is 2.19. The van der Waals surface area contributed by atoms with Gasteiger partial charge in [0.15, 0.2) is 0 Å². The van der Waals surface area contributed by atoms with Gasteiger partial charge in [-0.25, -0.2) is 0 Å². The first kappa shape index (κ1) is 15.3. The average molecular weight is 267 g/mol. The number of nitrogens with two attached hydrogens (primary N) is 1. The van der Waals surface area contributed by atoms with E-state index in [1.165, 1.54) is 12.2 Å². The summed E-state index contributed by atoms with van der Waals surface area (Å²) in [5.41, 5.74) is 8.11. The molecule has 1 aromatic rings. The Balaban J connectivity index is 2.66. The first-order chi connectivity index (χ1) is 8.60. The molecule has 0 bridgehead atoms. The molecule has 4 heteroatoms. The summed E-state index contributed by atoms with van der Waals surface area (Å²) in [7, 11) is 2.13. The number of nitrogens with zero attached hydrogens (tertiary/aromatic N) is 2. The Labute approximate surface area is 115 Å². The Morgan fingerprint density at radius 2 is 2.17 bits per heavy atom. The molecule has 0 amide bonds. The van der Waals surface area contributed by atoms with E-state index in [0.29, 0.717) is 6.04 Å². The minimum Gasteiger partial charge on any atom is -0.371 e. The molecule has 0 radical (unpaired) electrons. The van der Waals surface area contributed by atoms with Gasteiger partial charge in [0.2, 0.25) is 0 Å². The highest BCUT2D eigenvalue weighted by Gasteiger charge is 2.11. The summed E-state index contributed by atoms with van der Waals surface area (Å²) in [5.74, 6) is 1.19. The molecule has 0 saturated heterocycles. The van der Waals surface area contributed by atoms with Crippen LogP contribution in [0.5, 0.6) is 0 Å². The molecule has 1 aromatic heterocycles. The molecule has 2 N–H and O–H groups in total. The molecule has 0 spiro atoms. The summed E-state index contributed by atoms with van der Waals surface area (Å²) < 4.78 is 0. The van der Waals surface area contributed by atoms with E-state index in [9.17, 15) is 0 Å². The van der Waals surface area contributed by atoms with Gasteiger partial charge < -0.3 is 10.6 Å². The van der Waals surface area contributed by atoms with Crippen LogP contribution in [-0.2, 0) is 0 Å². The van der Waals surface area contributed by atoms with E-state index in [0.717, 1.165) is 17.8 Å². The first-order valence-electron chi connectivity index (χ1n) is 6.53. The fourth-order valence-electron chi connectivity index (χ4n) is 1.77. The Hall–Kier alpha value is -0.740. The van der Waals surface area contributed by atoms with Gasteiger partial charge in [0.25, 0.3) is 0 Å². The van der Waals surface area contributed by atoms with E-state index >= 15 is 0 Å². The SMILES string of the molecule is CC[C@@H](N)c1ccc(N(C)C(C)CCSC)cn1. The number of thioether (sulfide) groups is 1. The summed E-state index contributed by atoms with van der Waals surface area (Å²) in [6.45, 7) is 4.33. The standard InChI is InChI=1S/C14H25N3S/c1-5-13(15)14-7-6-12(10-16-14)17(3)11(2)8-9-18-4/h6-7,10-11,13H,5,8-9,15H2,1-4H3/t11?,13-/m1/s1. The van der Waals surface area contributed by atoms with Crippen LogP contribution in [0.15, 0.2) is 18.3 Å². The van der Waals surface area contributed by atoms with Crippen molar-refractivity contribution in [3.8, 4) is 0 Å². The first-order valence-corrected chi connectivity index (χ1v) is 7.92. The van der Waals surface area contributed by atoms with Crippen molar-refractivity contribution in [1.82, 2.24) is 4.98 Å². The van der Waals surface area contributed by atoms with Crippen molar-refractivity contribution in [2.45, 2.75) is 38.8 Å². The zero-order chi connectivity index (χ0) is 13.5. The van der Waals surface area contributed by atoms with E-state index in [1.54, 1.807) is 0 Å². The molecule has 18 heavy (non-hydrogen) atoms. The topological polar surface area (TPSA) is 42.1 Å². The lowest BCUT2D eigenvalue weighted by Crippen LogP contribution is -2.29. The molecule has 0 saturated carbocycles. The van der Waals surface area contributed by atoms with Crippen molar-refractivity contribution < 1.29 is 0 Å². The lowest BCUT2D eigenvalue weighted by Gasteiger charge is -2.26. The Morgan fingerprint density at radius 1 is 1.44 bits per heavy atom. The van der Waals surface area contributed by atoms with E-state index in [-0.39, 0.29) is 6.04 Å². The van der Waals surface area contributed by atoms with Crippen LogP contribution in [0.3, 0.4) is 0 Å². The van der Waals surface area contributed by atoms with Crippen LogP contribution in [0.1, 0.15) is 38.4 Å². The van der Waals surface area contributed by atoms with E-state index in [1.807, 2.05) is 24.0 Å². The highest BCUT2D eigenvalue weighted by molar-refractivity contribution is 7.98. The van der Waals surface area contributed by atoms with Crippen LogP contribution >= 0.6 is 11.8 Å². The number of aromatic nitrogens is 1. The van der Waals surface area contributed by atoms with Crippen molar-refractivity contribution in [2.24, 2.45) is 5.73 Å². The van der Waals surface area contributed by atoms with Crippen LogP contribution in [0, 0.1) is 0 Å². The van der Waals surface area contributed by atoms with E-state index in [4.69, 9.17) is 5.73 Å². The number of hydrogen-bond donors (Lipinski definition) is 1. The van der Waals surface area contributed by atoms with E-state index in [2.05, 4.69) is 43.1 Å². The molecule has 0 fully saturated rings. The lowest BCUT2D eigenvalue weighted by molar-refractivity contribution is 0.660. The van der Waals surface area contributed by atoms with Gasteiger partial charge in [-0.15, -0.1) is 0 Å². The maximum Gasteiger partial charge on any atom is 0.0572 e. The average Bonchev–Trinajstić information content (AvgIpc) is 2.43. The van der Waals surface area contributed by atoms with Gasteiger partial charge in [0.05, 0.1) is 17.6 Å². The predicted octanol–water partition coefficient (Wildman–Crippen LogP) is 3.07. The van der Waals surface area contributed by atoms with Crippen molar-refractivity contribution in [3.63, 3.8) is 0 Å². The molecular formula is C14H25N3S. The van der Waals surface area contributed by atoms with Crippen LogP contribution < -0.4 is 10.6 Å². The van der Waals surface area contributed by atoms with Crippen LogP contribution in [0.4, 0.5) is 5.69 Å². The third kappa shape index (κ3) is 4.18. The van der Waals surface area contributed by atoms with Gasteiger partial charge in [-0.1, -0.05) is 6.92 Å². The molecule has 0 aliphatic heterocycles. The summed E-state index contributed by atoms with van der Waals surface area (Å²) in [4.78, 5) is 6.74. The fraction of sp³-hybridized carbons (Fsp3) is 0.643. The second kappa shape index (κ2) is 7.64. The summed E-state index contributed by atoms with van der Waals surface area (Å²) in [6, 6.07) is 4.75. The second-order valence-corrected chi connectivity index (χ2v) is 5.68. The van der Waals surface area contributed by atoms with Gasteiger partial charge >= 0.3 is 0 Å². The molecule has 0 aliphatic carbocycles. The van der Waals surface area contributed by atoms with Crippen molar-refractivity contribution in [2.75, 3.05) is 24.0 Å². The monoisotopic (exact) mass is 267 g/mol. The largest absolute Gasteiger partial charge is 0.371 e. The number of hydrogen-bond acceptors (Lipinski definition) is 4. The van der Waals surface area contributed by atoms with Crippen molar-refractivity contribution in [3.05, 3.63) is 24.0 Å². The third-order valence-electron chi connectivity index (χ3n) is 3.40. The highest BCUT2D eigenvalue weighted by atomic mass is 32.2. The molecule has 0 aromatic carbocycles. The fourth-order valence-corrected chi connectivity index (χ4v) is 2.35. The van der Waals surface area contributed by atoms with Gasteiger partial charge in [-0.3, -0.25) is 4.98 Å². The maximum absolute atomic E-state index is 5.97. The van der Waals surface area contributed by atoms with Gasteiger partial charge in [0.1, 0.15) is 0 Å². The lowest BCUT2D eigenvalue weighted by atomic mass is 10.1. The van der Waals surface area contributed by atoms with Gasteiger partial charge in [-0.2, -0.15) is 11.8 Å².